The minimum Gasteiger partial charge on any atom is -0.342 e. The number of nitrogens with one attached hydrogen (secondary N) is 1. The number of nitrogens with zero attached hydrogens (tertiary/aromatic N) is 1. The summed E-state index contributed by atoms with van der Waals surface area (Å²) in [6.07, 6.45) is 2.58. The summed E-state index contributed by atoms with van der Waals surface area (Å²) in [6.45, 7) is 2.85. The predicted octanol–water partition coefficient (Wildman–Crippen LogP) is 2.45. The van der Waals surface area contributed by atoms with Gasteiger partial charge in [0.2, 0.25) is 5.91 Å². The molecule has 1 N–H and O–H groups in total. The predicted molar refractivity (Wildman–Crippen MR) is 81.1 cm³/mol. The molecule has 19 heavy (non-hydrogen) atoms. The Kier molecular flexibility index (Phi) is 5.40. The summed E-state index contributed by atoms with van der Waals surface area (Å²) >= 11 is 3.42. The van der Waals surface area contributed by atoms with Crippen molar-refractivity contribution in [3.63, 3.8) is 0 Å². The summed E-state index contributed by atoms with van der Waals surface area (Å²) < 4.78 is 1.08. The Bertz CT molecular complexity index is 419. The fraction of sp³-hybridized carbons (Fsp3) is 0.533. The molecule has 1 unspecified atom stereocenters. The molecule has 1 heterocycles. The van der Waals surface area contributed by atoms with Crippen LogP contribution in [0, 0.1) is 5.92 Å². The van der Waals surface area contributed by atoms with Gasteiger partial charge in [0, 0.05) is 24.0 Å². The van der Waals surface area contributed by atoms with Crippen LogP contribution in [0.25, 0.3) is 0 Å². The van der Waals surface area contributed by atoms with Gasteiger partial charge >= 0.3 is 0 Å². The van der Waals surface area contributed by atoms with Crippen molar-refractivity contribution in [3.8, 4) is 0 Å². The van der Waals surface area contributed by atoms with Gasteiger partial charge in [-0.05, 0) is 50.0 Å². The first kappa shape index (κ1) is 14.5. The van der Waals surface area contributed by atoms with Crippen LogP contribution in [0.4, 0.5) is 0 Å². The molecule has 1 aromatic rings. The fourth-order valence-electron chi connectivity index (χ4n) is 2.57. The highest BCUT2D eigenvalue weighted by Gasteiger charge is 2.25. The van der Waals surface area contributed by atoms with Gasteiger partial charge in [0.15, 0.2) is 0 Å². The molecule has 104 valence electrons. The molecule has 3 nitrogen and oxygen atoms in total. The SMILES string of the molecule is CNCC1CCN(C(=O)CCc2ccc(Br)cc2)C1. The number of hydrogen-bond donors (Lipinski definition) is 1. The maximum atomic E-state index is 12.1. The lowest BCUT2D eigenvalue weighted by Gasteiger charge is -2.16. The maximum Gasteiger partial charge on any atom is 0.222 e. The highest BCUT2D eigenvalue weighted by atomic mass is 79.9. The van der Waals surface area contributed by atoms with Crippen molar-refractivity contribution in [1.29, 1.82) is 0 Å². The van der Waals surface area contributed by atoms with Gasteiger partial charge in [0.25, 0.3) is 0 Å². The Morgan fingerprint density at radius 2 is 2.16 bits per heavy atom. The third-order valence-corrected chi connectivity index (χ3v) is 4.20. The van der Waals surface area contributed by atoms with Crippen LogP contribution in [0.15, 0.2) is 28.7 Å². The first-order chi connectivity index (χ1) is 9.19. The number of likely N-dealkylation sites (tertiary alicyclic amines) is 1. The molecule has 0 aliphatic carbocycles. The largest absolute Gasteiger partial charge is 0.342 e. The maximum absolute atomic E-state index is 12.1. The van der Waals surface area contributed by atoms with Gasteiger partial charge < -0.3 is 10.2 Å². The average molecular weight is 325 g/mol. The van der Waals surface area contributed by atoms with Crippen molar-refractivity contribution in [3.05, 3.63) is 34.3 Å². The number of hydrogen-bond acceptors (Lipinski definition) is 2. The van der Waals surface area contributed by atoms with Crippen LogP contribution >= 0.6 is 15.9 Å². The van der Waals surface area contributed by atoms with E-state index in [0.717, 1.165) is 36.9 Å². The molecule has 2 rings (SSSR count). The summed E-state index contributed by atoms with van der Waals surface area (Å²) in [5.74, 6) is 0.920. The topological polar surface area (TPSA) is 32.3 Å². The minimum atomic E-state index is 0.293. The van der Waals surface area contributed by atoms with E-state index in [0.29, 0.717) is 18.2 Å². The van der Waals surface area contributed by atoms with Crippen LogP contribution in [0.1, 0.15) is 18.4 Å². The zero-order valence-corrected chi connectivity index (χ0v) is 12.9. The van der Waals surface area contributed by atoms with E-state index in [4.69, 9.17) is 0 Å². The monoisotopic (exact) mass is 324 g/mol. The zero-order chi connectivity index (χ0) is 13.7. The molecule has 1 fully saturated rings. The van der Waals surface area contributed by atoms with E-state index < -0.39 is 0 Å². The van der Waals surface area contributed by atoms with E-state index in [1.165, 1.54) is 5.56 Å². The van der Waals surface area contributed by atoms with Gasteiger partial charge in [-0.3, -0.25) is 4.79 Å². The molecule has 1 amide bonds. The summed E-state index contributed by atoms with van der Waals surface area (Å²) in [5.41, 5.74) is 1.22. The molecule has 4 heteroatoms. The first-order valence-electron chi connectivity index (χ1n) is 6.86. The normalized spacial score (nSPS) is 18.8. The summed E-state index contributed by atoms with van der Waals surface area (Å²) in [7, 11) is 1.97. The van der Waals surface area contributed by atoms with Gasteiger partial charge in [0.1, 0.15) is 0 Å². The van der Waals surface area contributed by atoms with Crippen molar-refractivity contribution in [2.75, 3.05) is 26.7 Å². The van der Waals surface area contributed by atoms with Crippen molar-refractivity contribution in [1.82, 2.24) is 10.2 Å². The lowest BCUT2D eigenvalue weighted by Crippen LogP contribution is -2.30. The van der Waals surface area contributed by atoms with E-state index in [9.17, 15) is 4.79 Å². The van der Waals surface area contributed by atoms with E-state index in [1.807, 2.05) is 24.1 Å². The van der Waals surface area contributed by atoms with E-state index >= 15 is 0 Å². The molecule has 1 atom stereocenters. The fourth-order valence-corrected chi connectivity index (χ4v) is 2.84. The van der Waals surface area contributed by atoms with Crippen LogP contribution in [-0.2, 0) is 11.2 Å². The smallest absolute Gasteiger partial charge is 0.222 e. The molecule has 0 saturated carbocycles. The average Bonchev–Trinajstić information content (AvgIpc) is 2.87. The van der Waals surface area contributed by atoms with Crippen LogP contribution in [0.3, 0.4) is 0 Å². The van der Waals surface area contributed by atoms with Crippen molar-refractivity contribution in [2.24, 2.45) is 5.92 Å². The summed E-state index contributed by atoms with van der Waals surface area (Å²) in [5, 5.41) is 3.19. The minimum absolute atomic E-state index is 0.293. The molecule has 1 aliphatic heterocycles. The number of carbonyl (C=O) groups is 1. The van der Waals surface area contributed by atoms with Crippen LogP contribution in [0.5, 0.6) is 0 Å². The lowest BCUT2D eigenvalue weighted by molar-refractivity contribution is -0.130. The second-order valence-corrected chi connectivity index (χ2v) is 6.09. The molecule has 0 aromatic heterocycles. The Balaban J connectivity index is 1.77. The van der Waals surface area contributed by atoms with Gasteiger partial charge in [-0.15, -0.1) is 0 Å². The van der Waals surface area contributed by atoms with Gasteiger partial charge in [-0.25, -0.2) is 0 Å². The number of benzene rings is 1. The summed E-state index contributed by atoms with van der Waals surface area (Å²) in [6, 6.07) is 8.20. The van der Waals surface area contributed by atoms with E-state index in [1.54, 1.807) is 0 Å². The molecule has 1 aliphatic rings. The molecular formula is C15H21BrN2O. The third kappa shape index (κ3) is 4.32. The van der Waals surface area contributed by atoms with Crippen LogP contribution in [0.2, 0.25) is 0 Å². The highest BCUT2D eigenvalue weighted by molar-refractivity contribution is 9.10. The second-order valence-electron chi connectivity index (χ2n) is 5.18. The van der Waals surface area contributed by atoms with Gasteiger partial charge in [-0.2, -0.15) is 0 Å². The lowest BCUT2D eigenvalue weighted by atomic mass is 10.1. The number of rotatable bonds is 5. The summed E-state index contributed by atoms with van der Waals surface area (Å²) in [4.78, 5) is 14.1. The highest BCUT2D eigenvalue weighted by Crippen LogP contribution is 2.17. The Hall–Kier alpha value is -0.870. The van der Waals surface area contributed by atoms with Crippen LogP contribution in [-0.4, -0.2) is 37.5 Å². The van der Waals surface area contributed by atoms with Crippen molar-refractivity contribution >= 4 is 21.8 Å². The van der Waals surface area contributed by atoms with Crippen molar-refractivity contribution in [2.45, 2.75) is 19.3 Å². The van der Waals surface area contributed by atoms with Crippen LogP contribution < -0.4 is 5.32 Å². The second kappa shape index (κ2) is 7.06. The van der Waals surface area contributed by atoms with E-state index in [2.05, 4.69) is 33.4 Å². The molecule has 0 bridgehead atoms. The number of aryl methyl sites for hydroxylation is 1. The molecule has 1 saturated heterocycles. The van der Waals surface area contributed by atoms with Gasteiger partial charge in [0.05, 0.1) is 0 Å². The molecular weight excluding hydrogens is 304 g/mol. The quantitative estimate of drug-likeness (QED) is 0.902. The zero-order valence-electron chi connectivity index (χ0n) is 11.4. The Morgan fingerprint density at radius 3 is 2.84 bits per heavy atom. The number of halogens is 1. The standard InChI is InChI=1S/C15H21BrN2O/c1-17-10-13-8-9-18(11-13)15(19)7-4-12-2-5-14(16)6-3-12/h2-3,5-6,13,17H,4,7-11H2,1H3. The first-order valence-corrected chi connectivity index (χ1v) is 7.65. The molecule has 1 aromatic carbocycles. The number of amides is 1. The molecule has 0 radical (unpaired) electrons. The number of carbonyl (C=O) groups excluding carboxylic acids is 1. The van der Waals surface area contributed by atoms with Crippen molar-refractivity contribution < 1.29 is 4.79 Å². The third-order valence-electron chi connectivity index (χ3n) is 3.67. The Morgan fingerprint density at radius 1 is 1.42 bits per heavy atom. The van der Waals surface area contributed by atoms with E-state index in [-0.39, 0.29) is 0 Å². The van der Waals surface area contributed by atoms with Gasteiger partial charge in [-0.1, -0.05) is 28.1 Å². The Labute approximate surface area is 123 Å². The molecule has 0 spiro atoms.